The fraction of sp³-hybridized carbons (Fsp3) is 0.910. The molecule has 34 heteroatoms. The molecule has 722 valence electrons. The van der Waals surface area contributed by atoms with Crippen molar-refractivity contribution >= 4 is 47.0 Å². The maximum absolute atomic E-state index is 14.7. The van der Waals surface area contributed by atoms with E-state index < -0.39 is 154 Å². The molecule has 5 rings (SSSR count). The van der Waals surface area contributed by atoms with Gasteiger partial charge in [0, 0.05) is 147 Å². The third-order valence-corrected chi connectivity index (χ3v) is 23.5. The number of aliphatic hydroxyl groups is 11. The minimum absolute atomic E-state index is 0. The first-order valence-corrected chi connectivity index (χ1v) is 44.8. The zero-order chi connectivity index (χ0) is 88.8. The Bertz CT molecular complexity index is 2870. The number of ether oxygens (including phenoxy) is 9. The predicted molar refractivity (Wildman–Crippen MR) is 462 cm³/mol. The van der Waals surface area contributed by atoms with Crippen molar-refractivity contribution in [2.24, 2.45) is 53.3 Å². The molecular formula is C89H168N6O28. The minimum atomic E-state index is -1.30. The molecule has 0 aromatic carbocycles. The van der Waals surface area contributed by atoms with Crippen LogP contribution in [0.5, 0.6) is 0 Å². The molecule has 0 spiro atoms. The number of carbonyl (C=O) groups excluding carboxylic acids is 8. The van der Waals surface area contributed by atoms with E-state index in [0.29, 0.717) is 148 Å². The fourth-order valence-corrected chi connectivity index (χ4v) is 15.6. The van der Waals surface area contributed by atoms with Crippen LogP contribution in [-0.4, -0.2) is 312 Å². The summed E-state index contributed by atoms with van der Waals surface area (Å²) in [6.45, 7) is 18.5. The smallest absolute Gasteiger partial charge is 0.223 e. The molecule has 16 N–H and O–H groups in total. The minimum Gasteiger partial charge on any atom is -0.394 e. The molecule has 0 bridgehead atoms. The van der Waals surface area contributed by atoms with E-state index in [-0.39, 0.29) is 185 Å². The molecule has 123 heavy (non-hydrogen) atoms. The number of carbonyl (C=O) groups is 8. The van der Waals surface area contributed by atoms with Crippen LogP contribution < -0.4 is 26.6 Å². The summed E-state index contributed by atoms with van der Waals surface area (Å²) in [5.74, 6) is -4.44. The van der Waals surface area contributed by atoms with Gasteiger partial charge < -0.3 is 130 Å². The number of hydrogen-bond acceptors (Lipinski definition) is 28. The van der Waals surface area contributed by atoms with Crippen molar-refractivity contribution in [3.63, 3.8) is 0 Å². The van der Waals surface area contributed by atoms with Crippen molar-refractivity contribution in [2.45, 2.75) is 369 Å². The molecule has 6 amide bonds. The number of Topliss-reactive ketones (excluding diaryl/α,β-unsaturated/α-hetero) is 2. The van der Waals surface area contributed by atoms with Gasteiger partial charge >= 0.3 is 0 Å². The first-order chi connectivity index (χ1) is 57.3. The van der Waals surface area contributed by atoms with Gasteiger partial charge in [0.2, 0.25) is 35.4 Å². The number of methoxy groups -OCH3 is 1. The molecule has 5 aliphatic heterocycles. The number of amides is 6. The Labute approximate surface area is 733 Å². The SMILES string of the molecule is C.C.C.CC(C)C.COC[C@@H]1C[C@@H](C)CN1C(=O)CCCCCNC(=O)C(CCCCNC(=O)C(CCCCNC(=O)CCCCO[C@@H]1OC(CO)[C@H](O)[C@H](O)C1C)CC(=O)CCCCO[C@@H]1OC(CO)[C@H](O)[C@H](C)C1C)CC(=O)C(CCCCNC(=O)CCCCO[C@@H]1OC(CO)[C@H](O)[C@H](O)C1C)NC(=O)CCCCO[C@@H]1OC(CO)[C@H](O)[C@H](O)C1C. The quantitative estimate of drug-likeness (QED) is 0.0359. The van der Waals surface area contributed by atoms with Gasteiger partial charge in [0.25, 0.3) is 0 Å². The molecule has 0 aliphatic carbocycles. The molecule has 0 radical (unpaired) electrons. The lowest BCUT2D eigenvalue weighted by molar-refractivity contribution is -0.282. The van der Waals surface area contributed by atoms with E-state index in [0.717, 1.165) is 12.3 Å². The second-order valence-corrected chi connectivity index (χ2v) is 34.7. The van der Waals surface area contributed by atoms with Crippen molar-refractivity contribution in [1.82, 2.24) is 31.5 Å². The van der Waals surface area contributed by atoms with E-state index in [1.165, 1.54) is 0 Å². The normalized spacial score (nSPS) is 28.8. The van der Waals surface area contributed by atoms with Crippen LogP contribution in [0.2, 0.25) is 0 Å². The number of hydrogen-bond donors (Lipinski definition) is 16. The van der Waals surface area contributed by atoms with Crippen molar-refractivity contribution in [1.29, 1.82) is 0 Å². The molecule has 0 aromatic heterocycles. The van der Waals surface area contributed by atoms with Crippen molar-refractivity contribution in [2.75, 3.05) is 99.3 Å². The van der Waals surface area contributed by atoms with Gasteiger partial charge in [-0.05, 0) is 133 Å². The lowest BCUT2D eigenvalue weighted by atomic mass is 9.85. The Morgan fingerprint density at radius 2 is 0.748 bits per heavy atom. The molecule has 34 nitrogen and oxygen atoms in total. The van der Waals surface area contributed by atoms with Crippen LogP contribution in [0.4, 0.5) is 0 Å². The number of nitrogens with zero attached hydrogens (tertiary/aromatic N) is 1. The van der Waals surface area contributed by atoms with Gasteiger partial charge in [0.15, 0.2) is 30.9 Å². The molecule has 0 aromatic rings. The van der Waals surface area contributed by atoms with Crippen molar-refractivity contribution < 1.29 is 137 Å². The summed E-state index contributed by atoms with van der Waals surface area (Å²) in [7, 11) is 1.62. The van der Waals surface area contributed by atoms with Gasteiger partial charge in [0.1, 0.15) is 48.5 Å². The maximum Gasteiger partial charge on any atom is 0.223 e. The molecule has 5 saturated heterocycles. The summed E-state index contributed by atoms with van der Waals surface area (Å²) in [6, 6.07) is -0.998. The van der Waals surface area contributed by atoms with E-state index in [2.05, 4.69) is 54.3 Å². The van der Waals surface area contributed by atoms with E-state index >= 15 is 0 Å². The van der Waals surface area contributed by atoms with Gasteiger partial charge in [-0.25, -0.2) is 0 Å². The lowest BCUT2D eigenvalue weighted by Crippen LogP contribution is -2.55. The van der Waals surface area contributed by atoms with Crippen LogP contribution in [0.3, 0.4) is 0 Å². The number of nitrogens with one attached hydrogen (secondary N) is 5. The Morgan fingerprint density at radius 1 is 0.398 bits per heavy atom. The lowest BCUT2D eigenvalue weighted by Gasteiger charge is -2.41. The third kappa shape index (κ3) is 42.7. The zero-order valence-corrected chi connectivity index (χ0v) is 73.5. The second kappa shape index (κ2) is 65.0. The summed E-state index contributed by atoms with van der Waals surface area (Å²) in [6.07, 6.45) is -4.97. The molecule has 0 saturated carbocycles. The van der Waals surface area contributed by atoms with Crippen molar-refractivity contribution in [3.8, 4) is 0 Å². The molecule has 25 atom stereocenters. The summed E-state index contributed by atoms with van der Waals surface area (Å²) < 4.78 is 51.6. The average molecular weight is 1770 g/mol. The summed E-state index contributed by atoms with van der Waals surface area (Å²) in [4.78, 5) is 112. The molecule has 5 fully saturated rings. The van der Waals surface area contributed by atoms with Crippen LogP contribution in [0.1, 0.15) is 264 Å². The van der Waals surface area contributed by atoms with Gasteiger partial charge in [-0.3, -0.25) is 38.4 Å². The number of aliphatic hydroxyl groups excluding tert-OH is 11. The third-order valence-electron chi connectivity index (χ3n) is 23.5. The van der Waals surface area contributed by atoms with Crippen LogP contribution in [0, 0.1) is 53.3 Å². The Kier molecular flexibility index (Phi) is 61.5. The van der Waals surface area contributed by atoms with Crippen molar-refractivity contribution in [3.05, 3.63) is 0 Å². The molecule has 11 unspecified atom stereocenters. The largest absolute Gasteiger partial charge is 0.394 e. The summed E-state index contributed by atoms with van der Waals surface area (Å²) >= 11 is 0. The van der Waals surface area contributed by atoms with E-state index in [1.54, 1.807) is 27.9 Å². The first-order valence-electron chi connectivity index (χ1n) is 44.8. The number of likely N-dealkylation sites (tertiary alicyclic amines) is 1. The number of ketones is 2. The maximum atomic E-state index is 14.7. The van der Waals surface area contributed by atoms with Gasteiger partial charge in [-0.15, -0.1) is 0 Å². The monoisotopic (exact) mass is 1770 g/mol. The highest BCUT2D eigenvalue weighted by atomic mass is 16.7. The first kappa shape index (κ1) is 116. The standard InChI is InChI=1S/C82H146N6O28.C4H10.3CH4/c1-50-41-58(49-108-7)88(44-50)69(98)32-9-8-17-35-85-78(107)57(43-61(94)60(87-68(97)31-16-24-40-112-82-55(6)73(102)76(105)65(48-92)116-82)28-12-20-34-84-67(96)30-15-23-39-111-81-54(5)72(101)75(104)64(47-91)115-81)26-11-19-36-86-77(106)56(42-59(93)27-13-21-37-109-79-52(3)51(2)70(99)62(45-89)113-79)25-10-18-33-83-66(95)29-14-22-38-110-80-53(4)71(100)74(103)63(46-90)114-80;1-4(2)3;;;/h50-58,60,62-65,70-76,79-82,89-92,99-105H,8-49H2,1-7H3,(H,83,95)(H,84,96)(H,85,107)(H,86,106)(H,87,97);4H,1-3H3;3*1H4/t50-,51-,52?,53?,54?,55?,56?,57?,58+,60?,62?,63?,64?,65?,70-,71-,72-,73-,74+,75+,76+,79-,80-,81-,82-;;;;/m1..../s1. The zero-order valence-electron chi connectivity index (χ0n) is 73.5. The van der Waals surface area contributed by atoms with Gasteiger partial charge in [-0.2, -0.15) is 0 Å². The van der Waals surface area contributed by atoms with Crippen LogP contribution >= 0.6 is 0 Å². The fourth-order valence-electron chi connectivity index (χ4n) is 15.6. The predicted octanol–water partition coefficient (Wildman–Crippen LogP) is 4.94. The van der Waals surface area contributed by atoms with Gasteiger partial charge in [-0.1, -0.05) is 104 Å². The highest BCUT2D eigenvalue weighted by Crippen LogP contribution is 2.34. The average Bonchev–Trinajstić information content (AvgIpc) is 1.63. The van der Waals surface area contributed by atoms with Crippen LogP contribution in [0.15, 0.2) is 0 Å². The molecular weight excluding hydrogens is 1600 g/mol. The second-order valence-electron chi connectivity index (χ2n) is 34.7. The molecule has 5 heterocycles. The summed E-state index contributed by atoms with van der Waals surface area (Å²) in [5.41, 5.74) is 0. The Morgan fingerprint density at radius 3 is 1.15 bits per heavy atom. The number of unbranched alkanes of at least 4 members (excludes halogenated alkanes) is 9. The molecule has 5 aliphatic rings. The number of rotatable bonds is 59. The Hall–Kier alpha value is -4.64. The van der Waals surface area contributed by atoms with E-state index in [9.17, 15) is 94.5 Å². The van der Waals surface area contributed by atoms with E-state index in [1.807, 2.05) is 18.7 Å². The highest BCUT2D eigenvalue weighted by Gasteiger charge is 2.46. The van der Waals surface area contributed by atoms with Gasteiger partial charge in [0.05, 0.1) is 69.5 Å². The Balaban J connectivity index is 0.0000106. The van der Waals surface area contributed by atoms with Crippen LogP contribution in [0.25, 0.3) is 0 Å². The topological polar surface area (TPSA) is 506 Å². The van der Waals surface area contributed by atoms with Crippen LogP contribution in [-0.2, 0) is 81.0 Å². The highest BCUT2D eigenvalue weighted by molar-refractivity contribution is 5.92. The van der Waals surface area contributed by atoms with E-state index in [4.69, 9.17) is 42.6 Å². The summed E-state index contributed by atoms with van der Waals surface area (Å²) in [5, 5.41) is 126.